The fourth-order valence-electron chi connectivity index (χ4n) is 1.16. The van der Waals surface area contributed by atoms with Gasteiger partial charge in [-0.2, -0.15) is 0 Å². The summed E-state index contributed by atoms with van der Waals surface area (Å²) in [6.45, 7) is 0. The molecule has 0 aliphatic carbocycles. The number of nitrogens with zero attached hydrogens (tertiary/aromatic N) is 2. The molecule has 0 saturated heterocycles. The zero-order chi connectivity index (χ0) is 11.4. The van der Waals surface area contributed by atoms with E-state index in [-0.39, 0.29) is 5.69 Å². The lowest BCUT2D eigenvalue weighted by molar-refractivity contribution is -0.385. The first-order valence-corrected chi connectivity index (χ1v) is 5.46. The second-order valence-electron chi connectivity index (χ2n) is 3.05. The van der Waals surface area contributed by atoms with Crippen LogP contribution in [0.5, 0.6) is 0 Å². The molecule has 5 heteroatoms. The van der Waals surface area contributed by atoms with Crippen LogP contribution in [0.15, 0.2) is 35.8 Å². The molecule has 0 aromatic carbocycles. The first kappa shape index (κ1) is 10.5. The number of hydrogen-bond donors (Lipinski definition) is 0. The summed E-state index contributed by atoms with van der Waals surface area (Å²) in [5, 5.41) is 12.4. The van der Waals surface area contributed by atoms with Crippen molar-refractivity contribution >= 4 is 29.2 Å². The highest BCUT2D eigenvalue weighted by Gasteiger charge is 2.03. The van der Waals surface area contributed by atoms with Crippen molar-refractivity contribution in [3.63, 3.8) is 0 Å². The smallest absolute Gasteiger partial charge is 0.258 e. The van der Waals surface area contributed by atoms with Crippen molar-refractivity contribution in [3.05, 3.63) is 56.5 Å². The lowest BCUT2D eigenvalue weighted by atomic mass is 10.3. The molecule has 2 heterocycles. The van der Waals surface area contributed by atoms with Crippen molar-refractivity contribution in [3.8, 4) is 0 Å². The molecule has 0 N–H and O–H groups in total. The second-order valence-corrected chi connectivity index (χ2v) is 4.03. The van der Waals surface area contributed by atoms with Crippen LogP contribution in [0.25, 0.3) is 12.2 Å². The van der Waals surface area contributed by atoms with Crippen molar-refractivity contribution in [2.75, 3.05) is 0 Å². The molecule has 80 valence electrons. The lowest BCUT2D eigenvalue weighted by Gasteiger charge is -1.92. The van der Waals surface area contributed by atoms with E-state index in [4.69, 9.17) is 0 Å². The SMILES string of the molecule is O=[N+]([O-])c1ccc(/C=C/c2cccs2)nc1. The zero-order valence-electron chi connectivity index (χ0n) is 8.24. The molecule has 2 rings (SSSR count). The van der Waals surface area contributed by atoms with Crippen LogP contribution in [-0.4, -0.2) is 9.91 Å². The highest BCUT2D eigenvalue weighted by molar-refractivity contribution is 7.10. The topological polar surface area (TPSA) is 56.0 Å². The zero-order valence-corrected chi connectivity index (χ0v) is 9.05. The monoisotopic (exact) mass is 232 g/mol. The molecule has 4 nitrogen and oxygen atoms in total. The molecule has 0 aliphatic heterocycles. The molecule has 0 saturated carbocycles. The van der Waals surface area contributed by atoms with Crippen molar-refractivity contribution in [2.24, 2.45) is 0 Å². The van der Waals surface area contributed by atoms with Crippen LogP contribution in [0, 0.1) is 10.1 Å². The van der Waals surface area contributed by atoms with E-state index in [1.807, 2.05) is 29.7 Å². The Labute approximate surface area is 96.0 Å². The van der Waals surface area contributed by atoms with Crippen molar-refractivity contribution in [1.29, 1.82) is 0 Å². The van der Waals surface area contributed by atoms with E-state index in [0.29, 0.717) is 5.69 Å². The van der Waals surface area contributed by atoms with Gasteiger partial charge in [-0.05, 0) is 29.7 Å². The van der Waals surface area contributed by atoms with Gasteiger partial charge in [0.1, 0.15) is 6.20 Å². The van der Waals surface area contributed by atoms with Gasteiger partial charge < -0.3 is 0 Å². The first-order chi connectivity index (χ1) is 7.75. The Morgan fingerprint density at radius 1 is 1.31 bits per heavy atom. The molecule has 0 fully saturated rings. The fraction of sp³-hybridized carbons (Fsp3) is 0. The van der Waals surface area contributed by atoms with E-state index < -0.39 is 4.92 Å². The minimum Gasteiger partial charge on any atom is -0.258 e. The van der Waals surface area contributed by atoms with E-state index in [2.05, 4.69) is 4.98 Å². The minimum absolute atomic E-state index is 0.00766. The Morgan fingerprint density at radius 3 is 2.75 bits per heavy atom. The molecular formula is C11H8N2O2S. The maximum atomic E-state index is 10.4. The van der Waals surface area contributed by atoms with Gasteiger partial charge in [0.25, 0.3) is 5.69 Å². The van der Waals surface area contributed by atoms with Gasteiger partial charge in [0, 0.05) is 10.9 Å². The Hall–Kier alpha value is -2.01. The molecule has 0 atom stereocenters. The van der Waals surface area contributed by atoms with Gasteiger partial charge in [-0.25, -0.2) is 4.98 Å². The Morgan fingerprint density at radius 2 is 2.19 bits per heavy atom. The largest absolute Gasteiger partial charge is 0.287 e. The van der Waals surface area contributed by atoms with Crippen LogP contribution in [0.3, 0.4) is 0 Å². The van der Waals surface area contributed by atoms with Gasteiger partial charge in [-0.3, -0.25) is 10.1 Å². The van der Waals surface area contributed by atoms with Crippen LogP contribution in [0.4, 0.5) is 5.69 Å². The standard InChI is InChI=1S/C11H8N2O2S/c14-13(15)10-5-3-9(12-8-10)4-6-11-2-1-7-16-11/h1-8H/b6-4+. The highest BCUT2D eigenvalue weighted by Crippen LogP contribution is 2.14. The van der Waals surface area contributed by atoms with Gasteiger partial charge in [0.15, 0.2) is 0 Å². The van der Waals surface area contributed by atoms with Gasteiger partial charge in [-0.1, -0.05) is 6.07 Å². The number of hydrogen-bond acceptors (Lipinski definition) is 4. The molecule has 0 amide bonds. The van der Waals surface area contributed by atoms with E-state index in [9.17, 15) is 10.1 Å². The van der Waals surface area contributed by atoms with Gasteiger partial charge in [0.2, 0.25) is 0 Å². The van der Waals surface area contributed by atoms with Crippen LogP contribution in [0.1, 0.15) is 10.6 Å². The van der Waals surface area contributed by atoms with Crippen molar-refractivity contribution in [2.45, 2.75) is 0 Å². The molecule has 0 spiro atoms. The minimum atomic E-state index is -0.459. The van der Waals surface area contributed by atoms with E-state index in [0.717, 1.165) is 4.88 Å². The molecule has 0 aliphatic rings. The quantitative estimate of drug-likeness (QED) is 0.603. The molecule has 2 aromatic heterocycles. The van der Waals surface area contributed by atoms with Crippen LogP contribution < -0.4 is 0 Å². The lowest BCUT2D eigenvalue weighted by Crippen LogP contribution is -1.89. The Bertz CT molecular complexity index is 503. The third kappa shape index (κ3) is 2.52. The summed E-state index contributed by atoms with van der Waals surface area (Å²) in [7, 11) is 0. The number of nitro groups is 1. The molecule has 0 unspecified atom stereocenters. The van der Waals surface area contributed by atoms with Crippen molar-refractivity contribution < 1.29 is 4.92 Å². The first-order valence-electron chi connectivity index (χ1n) is 4.58. The predicted molar refractivity (Wildman–Crippen MR) is 64.1 cm³/mol. The summed E-state index contributed by atoms with van der Waals surface area (Å²) in [5.74, 6) is 0. The third-order valence-corrected chi connectivity index (χ3v) is 2.78. The Kier molecular flexibility index (Phi) is 3.07. The average molecular weight is 232 g/mol. The normalized spacial score (nSPS) is 10.8. The van der Waals surface area contributed by atoms with Gasteiger partial charge in [0.05, 0.1) is 10.6 Å². The van der Waals surface area contributed by atoms with Gasteiger partial charge in [-0.15, -0.1) is 11.3 Å². The second kappa shape index (κ2) is 4.67. The Balaban J connectivity index is 2.14. The van der Waals surface area contributed by atoms with Crippen LogP contribution in [0.2, 0.25) is 0 Å². The third-order valence-electron chi connectivity index (χ3n) is 1.94. The number of thiophene rings is 1. The molecule has 2 aromatic rings. The summed E-state index contributed by atoms with van der Waals surface area (Å²) >= 11 is 1.63. The molecular weight excluding hydrogens is 224 g/mol. The summed E-state index contributed by atoms with van der Waals surface area (Å²) in [5.41, 5.74) is 0.715. The molecule has 16 heavy (non-hydrogen) atoms. The predicted octanol–water partition coefficient (Wildman–Crippen LogP) is 3.22. The number of pyridine rings is 1. The van der Waals surface area contributed by atoms with E-state index in [1.165, 1.54) is 12.3 Å². The number of aromatic nitrogens is 1. The summed E-state index contributed by atoms with van der Waals surface area (Å²) in [4.78, 5) is 15.0. The fourth-order valence-corrected chi connectivity index (χ4v) is 1.78. The van der Waals surface area contributed by atoms with E-state index >= 15 is 0 Å². The highest BCUT2D eigenvalue weighted by atomic mass is 32.1. The van der Waals surface area contributed by atoms with Crippen molar-refractivity contribution in [1.82, 2.24) is 4.98 Å². The summed E-state index contributed by atoms with van der Waals surface area (Å²) in [6, 6.07) is 7.03. The van der Waals surface area contributed by atoms with Crippen LogP contribution >= 0.6 is 11.3 Å². The maximum absolute atomic E-state index is 10.4. The average Bonchev–Trinajstić information content (AvgIpc) is 2.80. The van der Waals surface area contributed by atoms with E-state index in [1.54, 1.807) is 17.4 Å². The number of rotatable bonds is 3. The summed E-state index contributed by atoms with van der Waals surface area (Å²) < 4.78 is 0. The van der Waals surface area contributed by atoms with Crippen LogP contribution in [-0.2, 0) is 0 Å². The maximum Gasteiger partial charge on any atom is 0.287 e. The molecule has 0 radical (unpaired) electrons. The molecule has 0 bridgehead atoms. The van der Waals surface area contributed by atoms with Gasteiger partial charge >= 0.3 is 0 Å². The summed E-state index contributed by atoms with van der Waals surface area (Å²) in [6.07, 6.45) is 5.02.